The third-order valence-electron chi connectivity index (χ3n) is 2.96. The molecule has 0 spiro atoms. The molecule has 0 saturated carbocycles. The molecule has 1 N–H and O–H groups in total. The van der Waals surface area contributed by atoms with E-state index in [9.17, 15) is 0 Å². The number of hydrogen-bond acceptors (Lipinski definition) is 4. The van der Waals surface area contributed by atoms with Crippen molar-refractivity contribution in [2.24, 2.45) is 5.92 Å². The molecule has 2 atom stereocenters. The number of hydrogen-bond donors (Lipinski definition) is 1. The van der Waals surface area contributed by atoms with E-state index in [1.165, 1.54) is 6.42 Å². The number of nitrogens with zero attached hydrogens (tertiary/aromatic N) is 3. The first-order chi connectivity index (χ1) is 7.20. The summed E-state index contributed by atoms with van der Waals surface area (Å²) in [5, 5.41) is 3.02. The molecule has 1 saturated heterocycles. The summed E-state index contributed by atoms with van der Waals surface area (Å²) in [7, 11) is 1.86. The summed E-state index contributed by atoms with van der Waals surface area (Å²) in [6, 6.07) is 0.571. The van der Waals surface area contributed by atoms with E-state index in [4.69, 9.17) is 0 Å². The lowest BCUT2D eigenvalue weighted by atomic mass is 10.1. The summed E-state index contributed by atoms with van der Waals surface area (Å²) in [6.45, 7) is 5.62. The van der Waals surface area contributed by atoms with Gasteiger partial charge in [0.25, 0.3) is 0 Å². The molecule has 2 heterocycles. The van der Waals surface area contributed by atoms with Crippen molar-refractivity contribution < 1.29 is 0 Å². The summed E-state index contributed by atoms with van der Waals surface area (Å²) in [5.41, 5.74) is 0. The molecular weight excluding hydrogens is 188 g/mol. The molecular formula is C11H18N4. The number of aromatic nitrogens is 2. The Balaban J connectivity index is 2.21. The van der Waals surface area contributed by atoms with E-state index in [0.29, 0.717) is 6.04 Å². The molecule has 0 radical (unpaired) electrons. The van der Waals surface area contributed by atoms with Crippen LogP contribution in [-0.4, -0.2) is 29.6 Å². The Hall–Kier alpha value is -1.32. The Morgan fingerprint density at radius 3 is 2.80 bits per heavy atom. The van der Waals surface area contributed by atoms with Gasteiger partial charge in [-0.25, -0.2) is 4.98 Å². The van der Waals surface area contributed by atoms with Gasteiger partial charge >= 0.3 is 0 Å². The van der Waals surface area contributed by atoms with Crippen molar-refractivity contribution in [2.45, 2.75) is 26.3 Å². The van der Waals surface area contributed by atoms with Crippen molar-refractivity contribution in [3.8, 4) is 0 Å². The van der Waals surface area contributed by atoms with Crippen LogP contribution in [0.5, 0.6) is 0 Å². The number of rotatable bonds is 2. The Morgan fingerprint density at radius 1 is 1.40 bits per heavy atom. The Morgan fingerprint density at radius 2 is 2.20 bits per heavy atom. The van der Waals surface area contributed by atoms with Crippen LogP contribution in [0.2, 0.25) is 0 Å². The lowest BCUT2D eigenvalue weighted by Crippen LogP contribution is -2.27. The van der Waals surface area contributed by atoms with E-state index >= 15 is 0 Å². The van der Waals surface area contributed by atoms with Gasteiger partial charge in [0.05, 0.1) is 12.4 Å². The first-order valence-corrected chi connectivity index (χ1v) is 5.47. The largest absolute Gasteiger partial charge is 0.372 e. The second kappa shape index (κ2) is 4.04. The average molecular weight is 206 g/mol. The Labute approximate surface area is 90.7 Å². The Bertz CT molecular complexity index is 339. The maximum atomic E-state index is 4.51. The third-order valence-corrected chi connectivity index (χ3v) is 2.96. The fourth-order valence-corrected chi connectivity index (χ4v) is 2.23. The van der Waals surface area contributed by atoms with E-state index < -0.39 is 0 Å². The van der Waals surface area contributed by atoms with Gasteiger partial charge in [-0.3, -0.25) is 4.98 Å². The smallest absolute Gasteiger partial charge is 0.149 e. The highest BCUT2D eigenvalue weighted by Crippen LogP contribution is 2.27. The highest BCUT2D eigenvalue weighted by atomic mass is 15.2. The van der Waals surface area contributed by atoms with Gasteiger partial charge in [0.15, 0.2) is 0 Å². The van der Waals surface area contributed by atoms with E-state index in [-0.39, 0.29) is 0 Å². The standard InChI is InChI=1S/C11H18N4/c1-8-4-9(2)15(7-8)11-6-13-5-10(12-3)14-11/h5-6,8-9H,4,7H2,1-3H3,(H,12,14). The molecule has 4 nitrogen and oxygen atoms in total. The molecule has 1 aliphatic heterocycles. The number of nitrogens with one attached hydrogen (secondary N) is 1. The van der Waals surface area contributed by atoms with Crippen LogP contribution in [0.4, 0.5) is 11.6 Å². The zero-order valence-electron chi connectivity index (χ0n) is 9.57. The summed E-state index contributed by atoms with van der Waals surface area (Å²) in [5.74, 6) is 2.57. The zero-order valence-corrected chi connectivity index (χ0v) is 9.57. The quantitative estimate of drug-likeness (QED) is 0.800. The van der Waals surface area contributed by atoms with Crippen LogP contribution in [0.1, 0.15) is 20.3 Å². The van der Waals surface area contributed by atoms with Crippen LogP contribution in [0.3, 0.4) is 0 Å². The van der Waals surface area contributed by atoms with Crippen LogP contribution >= 0.6 is 0 Å². The first kappa shape index (κ1) is 10.2. The molecule has 82 valence electrons. The maximum absolute atomic E-state index is 4.51. The van der Waals surface area contributed by atoms with E-state index in [2.05, 4.69) is 34.0 Å². The normalized spacial score (nSPS) is 25.7. The molecule has 0 aliphatic carbocycles. The van der Waals surface area contributed by atoms with Crippen LogP contribution in [0, 0.1) is 5.92 Å². The molecule has 1 aromatic heterocycles. The monoisotopic (exact) mass is 206 g/mol. The zero-order chi connectivity index (χ0) is 10.8. The van der Waals surface area contributed by atoms with E-state index in [0.717, 1.165) is 24.1 Å². The molecule has 2 unspecified atom stereocenters. The lowest BCUT2D eigenvalue weighted by molar-refractivity contribution is 0.625. The number of anilines is 2. The van der Waals surface area contributed by atoms with Gasteiger partial charge in [0.2, 0.25) is 0 Å². The summed E-state index contributed by atoms with van der Waals surface area (Å²) in [4.78, 5) is 11.0. The van der Waals surface area contributed by atoms with Gasteiger partial charge in [-0.05, 0) is 19.3 Å². The van der Waals surface area contributed by atoms with Crippen LogP contribution in [0.25, 0.3) is 0 Å². The minimum absolute atomic E-state index is 0.571. The lowest BCUT2D eigenvalue weighted by Gasteiger charge is -2.22. The summed E-state index contributed by atoms with van der Waals surface area (Å²) >= 11 is 0. The fraction of sp³-hybridized carbons (Fsp3) is 0.636. The van der Waals surface area contributed by atoms with Crippen molar-refractivity contribution in [3.63, 3.8) is 0 Å². The van der Waals surface area contributed by atoms with Crippen molar-refractivity contribution >= 4 is 11.6 Å². The second-order valence-electron chi connectivity index (χ2n) is 4.35. The van der Waals surface area contributed by atoms with Crippen molar-refractivity contribution in [1.29, 1.82) is 0 Å². The predicted octanol–water partition coefficient (Wildman–Crippen LogP) is 1.75. The fourth-order valence-electron chi connectivity index (χ4n) is 2.23. The topological polar surface area (TPSA) is 41.1 Å². The molecule has 1 fully saturated rings. The van der Waals surface area contributed by atoms with Gasteiger partial charge in [-0.1, -0.05) is 6.92 Å². The molecule has 15 heavy (non-hydrogen) atoms. The van der Waals surface area contributed by atoms with E-state index in [1.54, 1.807) is 6.20 Å². The van der Waals surface area contributed by atoms with Crippen LogP contribution < -0.4 is 10.2 Å². The van der Waals surface area contributed by atoms with Gasteiger partial charge in [0, 0.05) is 19.6 Å². The van der Waals surface area contributed by atoms with Gasteiger partial charge < -0.3 is 10.2 Å². The molecule has 1 aliphatic rings. The minimum atomic E-state index is 0.571. The highest BCUT2D eigenvalue weighted by Gasteiger charge is 2.27. The average Bonchev–Trinajstić information content (AvgIpc) is 2.58. The predicted molar refractivity (Wildman–Crippen MR) is 62.2 cm³/mol. The highest BCUT2D eigenvalue weighted by molar-refractivity contribution is 5.45. The molecule has 0 aromatic carbocycles. The molecule has 0 bridgehead atoms. The Kier molecular flexibility index (Phi) is 2.75. The van der Waals surface area contributed by atoms with Gasteiger partial charge in [0.1, 0.15) is 11.6 Å². The molecule has 0 amide bonds. The van der Waals surface area contributed by atoms with Crippen molar-refractivity contribution in [3.05, 3.63) is 12.4 Å². The van der Waals surface area contributed by atoms with E-state index in [1.807, 2.05) is 13.2 Å². The van der Waals surface area contributed by atoms with Crippen LogP contribution in [-0.2, 0) is 0 Å². The van der Waals surface area contributed by atoms with Gasteiger partial charge in [-0.2, -0.15) is 0 Å². The van der Waals surface area contributed by atoms with Crippen LogP contribution in [0.15, 0.2) is 12.4 Å². The first-order valence-electron chi connectivity index (χ1n) is 5.47. The minimum Gasteiger partial charge on any atom is -0.372 e. The SMILES string of the molecule is CNc1cncc(N2CC(C)CC2C)n1. The maximum Gasteiger partial charge on any atom is 0.149 e. The molecule has 4 heteroatoms. The van der Waals surface area contributed by atoms with Crippen molar-refractivity contribution in [1.82, 2.24) is 9.97 Å². The second-order valence-corrected chi connectivity index (χ2v) is 4.35. The summed E-state index contributed by atoms with van der Waals surface area (Å²) in [6.07, 6.45) is 4.83. The molecule has 2 rings (SSSR count). The molecule has 1 aromatic rings. The summed E-state index contributed by atoms with van der Waals surface area (Å²) < 4.78 is 0. The van der Waals surface area contributed by atoms with Gasteiger partial charge in [-0.15, -0.1) is 0 Å². The van der Waals surface area contributed by atoms with Crippen molar-refractivity contribution in [2.75, 3.05) is 23.8 Å². The third kappa shape index (κ3) is 2.03.